The van der Waals surface area contributed by atoms with Crippen LogP contribution in [0.5, 0.6) is 0 Å². The Labute approximate surface area is 160 Å². The summed E-state index contributed by atoms with van der Waals surface area (Å²) < 4.78 is 26.0. The van der Waals surface area contributed by atoms with E-state index in [2.05, 4.69) is 20.5 Å². The molecule has 0 spiro atoms. The zero-order chi connectivity index (χ0) is 13.6. The van der Waals surface area contributed by atoms with Crippen LogP contribution in [0, 0.1) is 11.5 Å². The molecule has 1 aromatic rings. The molecule has 1 aromatic carbocycles. The van der Waals surface area contributed by atoms with Gasteiger partial charge in [0.2, 0.25) is 0 Å². The van der Waals surface area contributed by atoms with E-state index >= 15 is 0 Å². The van der Waals surface area contributed by atoms with Crippen LogP contribution in [0.15, 0.2) is 39.5 Å². The third-order valence-electron chi connectivity index (χ3n) is 1.63. The first kappa shape index (κ1) is 21.8. The Hall–Kier alpha value is -0.470. The van der Waals surface area contributed by atoms with Crippen LogP contribution in [-0.4, -0.2) is 14.3 Å². The molecule has 0 aromatic heterocycles. The summed E-state index contributed by atoms with van der Waals surface area (Å²) in [7, 11) is -3.97. The van der Waals surface area contributed by atoms with E-state index in [1.54, 1.807) is 0 Å². The Morgan fingerprint density at radius 3 is 2.25 bits per heavy atom. The zero-order valence-electron chi connectivity index (χ0n) is 11.2. The number of nitriles is 1. The van der Waals surface area contributed by atoms with Crippen molar-refractivity contribution in [3.05, 3.63) is 34.4 Å². The van der Waals surface area contributed by atoms with Gasteiger partial charge >= 0.3 is 59.1 Å². The van der Waals surface area contributed by atoms with Gasteiger partial charge in [-0.1, -0.05) is 0 Å². The topological polar surface area (TPSA) is 128 Å². The molecule has 0 aliphatic rings. The van der Waals surface area contributed by atoms with Crippen LogP contribution in [0.2, 0.25) is 0 Å². The zero-order valence-corrected chi connectivity index (χ0v) is 16.0. The summed E-state index contributed by atoms with van der Waals surface area (Å²) in [6.07, 6.45) is 1.41. The molecule has 8 nitrogen and oxygen atoms in total. The molecule has 1 rings (SSSR count). The minimum absolute atomic E-state index is 0. The largest absolute Gasteiger partial charge is 1.00 e. The van der Waals surface area contributed by atoms with E-state index in [0.717, 1.165) is 6.92 Å². The summed E-state index contributed by atoms with van der Waals surface area (Å²) in [5.41, 5.74) is 3.28. The van der Waals surface area contributed by atoms with Crippen LogP contribution < -0.4 is 59.1 Å². The second-order valence-electron chi connectivity index (χ2n) is 2.97. The molecule has 0 saturated carbocycles. The first-order valence-electron chi connectivity index (χ1n) is 4.54. The van der Waals surface area contributed by atoms with Crippen LogP contribution in [0.1, 0.15) is 6.92 Å². The van der Waals surface area contributed by atoms with E-state index in [0.29, 0.717) is 5.69 Å². The molecule has 0 aliphatic heterocycles. The standard InChI is InChI=1S/C9H8N5O3S.2Na/c1-7(15)13-18(16,17)9-4-2-8(3-5-9)12-14-11-6-10;;/h2-5H,1H3,(H-,11,12,13,15);;/q-1;2*+1/p-1. The summed E-state index contributed by atoms with van der Waals surface area (Å²) in [6, 6.07) is 5.14. The molecular weight excluding hydrogens is 304 g/mol. The second kappa shape index (κ2) is 10.3. The number of carbonyl (C=O) groups excluding carboxylic acids is 1. The van der Waals surface area contributed by atoms with Crippen molar-refractivity contribution in [1.82, 2.24) is 0 Å². The third kappa shape index (κ3) is 7.35. The summed E-state index contributed by atoms with van der Waals surface area (Å²) >= 11 is 0. The first-order valence-corrected chi connectivity index (χ1v) is 5.98. The summed E-state index contributed by atoms with van der Waals surface area (Å²) in [4.78, 5) is 10.5. The van der Waals surface area contributed by atoms with Crippen molar-refractivity contribution in [2.45, 2.75) is 11.8 Å². The van der Waals surface area contributed by atoms with Gasteiger partial charge < -0.3 is 14.8 Å². The van der Waals surface area contributed by atoms with Gasteiger partial charge in [-0.15, -0.1) is 0 Å². The van der Waals surface area contributed by atoms with Crippen molar-refractivity contribution < 1.29 is 72.3 Å². The molecule has 94 valence electrons. The first-order chi connectivity index (χ1) is 8.45. The quantitative estimate of drug-likeness (QED) is 0.244. The fraction of sp³-hybridized carbons (Fsp3) is 0.111. The molecule has 1 amide bonds. The number of nitrogens with zero attached hydrogens (tertiary/aromatic N) is 5. The summed E-state index contributed by atoms with van der Waals surface area (Å²) in [6.45, 7) is 1.05. The Morgan fingerprint density at radius 2 is 1.80 bits per heavy atom. The summed E-state index contributed by atoms with van der Waals surface area (Å²) in [5.74, 6) is -0.799. The maximum absolute atomic E-state index is 11.5. The van der Waals surface area contributed by atoms with Crippen molar-refractivity contribution in [1.29, 1.82) is 5.26 Å². The number of sulfonamides is 1. The van der Waals surface area contributed by atoms with Gasteiger partial charge in [-0.2, -0.15) is 5.22 Å². The number of carbonyl (C=O) groups is 1. The minimum Gasteiger partial charge on any atom is -0.542 e. The smallest absolute Gasteiger partial charge is 0.542 e. The second-order valence-corrected chi connectivity index (χ2v) is 4.57. The van der Waals surface area contributed by atoms with Crippen molar-refractivity contribution >= 4 is 21.6 Å². The van der Waals surface area contributed by atoms with Gasteiger partial charge in [-0.05, 0) is 31.2 Å². The van der Waals surface area contributed by atoms with E-state index in [1.807, 2.05) is 0 Å². The molecule has 0 atom stereocenters. The molecule has 0 radical (unpaired) electrons. The van der Waals surface area contributed by atoms with E-state index in [4.69, 9.17) is 5.26 Å². The normalized spacial score (nSPS) is 9.80. The number of hydrogen-bond acceptors (Lipinski definition) is 6. The predicted octanol–water partition coefficient (Wildman–Crippen LogP) is -3.84. The molecule has 0 saturated heterocycles. The monoisotopic (exact) mass is 311 g/mol. The molecule has 0 aliphatic carbocycles. The minimum atomic E-state index is -3.97. The van der Waals surface area contributed by atoms with E-state index in [-0.39, 0.29) is 64.0 Å². The molecule has 0 unspecified atom stereocenters. The molecule has 0 fully saturated rings. The summed E-state index contributed by atoms with van der Waals surface area (Å²) in [5, 5.41) is 14.8. The Kier molecular flexibility index (Phi) is 11.2. The fourth-order valence-electron chi connectivity index (χ4n) is 1.00. The molecule has 11 heteroatoms. The van der Waals surface area contributed by atoms with Crippen molar-refractivity contribution in [3.63, 3.8) is 0 Å². The van der Waals surface area contributed by atoms with Gasteiger partial charge in [0, 0.05) is 11.9 Å². The van der Waals surface area contributed by atoms with Gasteiger partial charge in [0.25, 0.3) is 0 Å². The Balaban J connectivity index is 0. The number of amides is 1. The average molecular weight is 311 g/mol. The van der Waals surface area contributed by atoms with E-state index in [1.165, 1.54) is 30.5 Å². The van der Waals surface area contributed by atoms with Gasteiger partial charge in [0.05, 0.1) is 10.8 Å². The molecular formula is C9H7N5Na2O3S. The van der Waals surface area contributed by atoms with Gasteiger partial charge in [-0.25, -0.2) is 13.8 Å². The van der Waals surface area contributed by atoms with Crippen molar-refractivity contribution in [3.8, 4) is 6.19 Å². The SMILES string of the molecule is CC(=O)[N-]S(=O)(=O)c1ccc(N=N[N-]C#N)cc1.[Na+].[Na+]. The van der Waals surface area contributed by atoms with Crippen molar-refractivity contribution in [2.24, 2.45) is 10.3 Å². The molecule has 0 N–H and O–H groups in total. The maximum Gasteiger partial charge on any atom is 1.00 e. The van der Waals surface area contributed by atoms with E-state index < -0.39 is 15.9 Å². The molecule has 0 heterocycles. The fourth-order valence-corrected chi connectivity index (χ4v) is 1.92. The number of hydrogen-bond donors (Lipinski definition) is 0. The Bertz CT molecular complexity index is 609. The van der Waals surface area contributed by atoms with Crippen LogP contribution in [0.3, 0.4) is 0 Å². The number of benzene rings is 1. The van der Waals surface area contributed by atoms with Gasteiger partial charge in [-0.3, -0.25) is 5.11 Å². The van der Waals surface area contributed by atoms with Crippen LogP contribution in [0.25, 0.3) is 10.1 Å². The Morgan fingerprint density at radius 1 is 1.25 bits per heavy atom. The third-order valence-corrected chi connectivity index (χ3v) is 3.00. The van der Waals surface area contributed by atoms with Gasteiger partial charge in [0.1, 0.15) is 10.0 Å². The maximum atomic E-state index is 11.5. The molecule has 20 heavy (non-hydrogen) atoms. The van der Waals surface area contributed by atoms with Gasteiger partial charge in [0.15, 0.2) is 0 Å². The van der Waals surface area contributed by atoms with Crippen LogP contribution >= 0.6 is 0 Å². The van der Waals surface area contributed by atoms with Crippen molar-refractivity contribution in [2.75, 3.05) is 0 Å². The average Bonchev–Trinajstić information content (AvgIpc) is 2.28. The number of rotatable bonds is 4. The van der Waals surface area contributed by atoms with Crippen LogP contribution in [-0.2, 0) is 14.8 Å². The molecule has 0 bridgehead atoms. The van der Waals surface area contributed by atoms with E-state index in [9.17, 15) is 13.2 Å². The van der Waals surface area contributed by atoms with Crippen LogP contribution in [0.4, 0.5) is 5.69 Å². The predicted molar refractivity (Wildman–Crippen MR) is 61.2 cm³/mol.